The second-order valence-corrected chi connectivity index (χ2v) is 9.30. The van der Waals surface area contributed by atoms with Crippen LogP contribution in [0.2, 0.25) is 0 Å². The van der Waals surface area contributed by atoms with Crippen LogP contribution in [0.5, 0.6) is 0 Å². The lowest BCUT2D eigenvalue weighted by atomic mass is 9.75. The largest absolute Gasteiger partial charge is 0.382 e. The molecule has 7 heteroatoms. The molecular weight excluding hydrogens is 424 g/mol. The number of pyridine rings is 1. The van der Waals surface area contributed by atoms with Crippen molar-refractivity contribution >= 4 is 22.2 Å². The summed E-state index contributed by atoms with van der Waals surface area (Å²) in [5, 5.41) is 11.8. The second kappa shape index (κ2) is 7.62. The van der Waals surface area contributed by atoms with Gasteiger partial charge in [-0.2, -0.15) is 0 Å². The first-order valence-electron chi connectivity index (χ1n) is 11.4. The summed E-state index contributed by atoms with van der Waals surface area (Å²) < 4.78 is 2.02. The summed E-state index contributed by atoms with van der Waals surface area (Å²) in [4.78, 5) is 16.2. The fourth-order valence-corrected chi connectivity index (χ4v) is 4.89. The Morgan fingerprint density at radius 1 is 1.00 bits per heavy atom. The minimum atomic E-state index is -0.796. The predicted octanol–water partition coefficient (Wildman–Crippen LogP) is 4.32. The Kier molecular flexibility index (Phi) is 4.65. The van der Waals surface area contributed by atoms with Crippen molar-refractivity contribution in [3.8, 4) is 22.5 Å². The lowest BCUT2D eigenvalue weighted by Gasteiger charge is -2.47. The molecule has 1 fully saturated rings. The molecule has 34 heavy (non-hydrogen) atoms. The van der Waals surface area contributed by atoms with Crippen LogP contribution in [0.1, 0.15) is 24.6 Å². The Balaban J connectivity index is 1.46. The number of nitrogens with zero attached hydrogens (tertiary/aromatic N) is 5. The first-order chi connectivity index (χ1) is 16.4. The number of nitrogen functional groups attached to an aromatic ring is 1. The lowest BCUT2D eigenvalue weighted by molar-refractivity contribution is -0.152. The number of hydrogen-bond donors (Lipinski definition) is 2. The van der Waals surface area contributed by atoms with Crippen molar-refractivity contribution in [2.75, 3.05) is 19.8 Å². The van der Waals surface area contributed by atoms with Gasteiger partial charge in [-0.3, -0.25) is 9.30 Å². The molecule has 7 nitrogen and oxygen atoms in total. The topological polar surface area (TPSA) is 92.6 Å². The number of nitrogens with two attached hydrogens (primary N) is 1. The molecule has 3 aromatic heterocycles. The molecule has 6 rings (SSSR count). The maximum absolute atomic E-state index is 10.8. The molecule has 0 saturated heterocycles. The van der Waals surface area contributed by atoms with Gasteiger partial charge in [0.2, 0.25) is 0 Å². The summed E-state index contributed by atoms with van der Waals surface area (Å²) in [5.41, 5.74) is 11.0. The van der Waals surface area contributed by atoms with E-state index in [2.05, 4.69) is 41.4 Å². The van der Waals surface area contributed by atoms with Crippen molar-refractivity contribution < 1.29 is 5.11 Å². The molecule has 3 heterocycles. The van der Waals surface area contributed by atoms with Crippen molar-refractivity contribution in [1.29, 1.82) is 0 Å². The number of fused-ring (bicyclic) bond motifs is 2. The summed E-state index contributed by atoms with van der Waals surface area (Å²) in [6, 6.07) is 20.5. The summed E-state index contributed by atoms with van der Waals surface area (Å²) in [6.45, 7) is 0. The van der Waals surface area contributed by atoms with Crippen molar-refractivity contribution in [3.05, 3.63) is 78.9 Å². The number of aliphatic hydroxyl groups is 1. The Labute approximate surface area is 197 Å². The van der Waals surface area contributed by atoms with Crippen LogP contribution < -0.4 is 5.73 Å². The minimum Gasteiger partial charge on any atom is -0.382 e. The van der Waals surface area contributed by atoms with E-state index >= 15 is 0 Å². The van der Waals surface area contributed by atoms with Gasteiger partial charge in [0.1, 0.15) is 28.6 Å². The standard InChI is InChI=1S/C27H26N6O/c1-32(2)27(34)15-20(16-27)26-31-23(24-25(28)29-12-13-33(24)26)19-9-8-18-10-11-21(30-22(18)14-19)17-6-4-3-5-7-17/h3-14,20,34H,15-16H2,1-2H3,(H2,28,29). The fraction of sp³-hybridized carbons (Fsp3) is 0.222. The van der Waals surface area contributed by atoms with E-state index in [4.69, 9.17) is 15.7 Å². The summed E-state index contributed by atoms with van der Waals surface area (Å²) in [7, 11) is 3.80. The average Bonchev–Trinajstić information content (AvgIpc) is 3.22. The van der Waals surface area contributed by atoms with Crippen LogP contribution in [0.3, 0.4) is 0 Å². The van der Waals surface area contributed by atoms with Gasteiger partial charge in [0.15, 0.2) is 0 Å². The van der Waals surface area contributed by atoms with E-state index in [1.807, 2.05) is 53.9 Å². The van der Waals surface area contributed by atoms with Gasteiger partial charge in [-0.25, -0.2) is 15.0 Å². The second-order valence-electron chi connectivity index (χ2n) is 9.30. The highest BCUT2D eigenvalue weighted by atomic mass is 16.3. The minimum absolute atomic E-state index is 0.138. The molecule has 1 aliphatic rings. The van der Waals surface area contributed by atoms with Gasteiger partial charge in [-0.15, -0.1) is 0 Å². The van der Waals surface area contributed by atoms with E-state index in [1.54, 1.807) is 6.20 Å². The zero-order valence-electron chi connectivity index (χ0n) is 19.2. The molecule has 2 aromatic carbocycles. The maximum Gasteiger partial charge on any atom is 0.150 e. The van der Waals surface area contributed by atoms with Crippen LogP contribution in [-0.2, 0) is 0 Å². The Morgan fingerprint density at radius 2 is 1.76 bits per heavy atom. The van der Waals surface area contributed by atoms with Crippen molar-refractivity contribution in [2.24, 2.45) is 0 Å². The number of hydrogen-bond acceptors (Lipinski definition) is 6. The van der Waals surface area contributed by atoms with Gasteiger partial charge in [0, 0.05) is 34.8 Å². The number of anilines is 1. The quantitative estimate of drug-likeness (QED) is 0.396. The normalized spacial score (nSPS) is 20.2. The Bertz CT molecular complexity index is 1520. The molecule has 0 radical (unpaired) electrons. The van der Waals surface area contributed by atoms with Gasteiger partial charge in [-0.1, -0.05) is 48.5 Å². The molecule has 3 N–H and O–H groups in total. The third-order valence-corrected chi connectivity index (χ3v) is 6.99. The van der Waals surface area contributed by atoms with Gasteiger partial charge >= 0.3 is 0 Å². The zero-order valence-corrected chi connectivity index (χ0v) is 19.2. The van der Waals surface area contributed by atoms with Crippen LogP contribution in [0.4, 0.5) is 5.82 Å². The number of rotatable bonds is 4. The van der Waals surface area contributed by atoms with Crippen LogP contribution in [0.25, 0.3) is 38.9 Å². The van der Waals surface area contributed by atoms with Crippen LogP contribution >= 0.6 is 0 Å². The van der Waals surface area contributed by atoms with Crippen LogP contribution in [0, 0.1) is 0 Å². The first kappa shape index (κ1) is 20.8. The Morgan fingerprint density at radius 3 is 2.53 bits per heavy atom. The molecule has 0 bridgehead atoms. The lowest BCUT2D eigenvalue weighted by Crippen LogP contribution is -2.53. The molecule has 1 saturated carbocycles. The number of imidazole rings is 1. The van der Waals surface area contributed by atoms with E-state index in [1.165, 1.54) is 0 Å². The molecule has 0 atom stereocenters. The average molecular weight is 451 g/mol. The number of benzene rings is 2. The highest BCUT2D eigenvalue weighted by Gasteiger charge is 2.47. The fourth-order valence-electron chi connectivity index (χ4n) is 4.89. The smallest absolute Gasteiger partial charge is 0.150 e. The van der Waals surface area contributed by atoms with E-state index < -0.39 is 5.72 Å². The van der Waals surface area contributed by atoms with Gasteiger partial charge in [0.05, 0.1) is 11.2 Å². The van der Waals surface area contributed by atoms with Gasteiger partial charge in [-0.05, 0) is 39.1 Å². The van der Waals surface area contributed by atoms with Crippen molar-refractivity contribution in [1.82, 2.24) is 24.3 Å². The summed E-state index contributed by atoms with van der Waals surface area (Å²) in [5.74, 6) is 1.47. The third-order valence-electron chi connectivity index (χ3n) is 6.99. The van der Waals surface area contributed by atoms with Crippen LogP contribution in [0.15, 0.2) is 73.1 Å². The third kappa shape index (κ3) is 3.24. The highest BCUT2D eigenvalue weighted by molar-refractivity contribution is 5.91. The zero-order chi connectivity index (χ0) is 23.4. The summed E-state index contributed by atoms with van der Waals surface area (Å²) >= 11 is 0. The van der Waals surface area contributed by atoms with Gasteiger partial charge < -0.3 is 10.8 Å². The van der Waals surface area contributed by atoms with Crippen molar-refractivity contribution in [2.45, 2.75) is 24.5 Å². The highest BCUT2D eigenvalue weighted by Crippen LogP contribution is 2.46. The van der Waals surface area contributed by atoms with Crippen molar-refractivity contribution in [3.63, 3.8) is 0 Å². The molecule has 0 amide bonds. The molecule has 0 unspecified atom stereocenters. The van der Waals surface area contributed by atoms with E-state index in [0.29, 0.717) is 18.7 Å². The number of aromatic nitrogens is 4. The monoisotopic (exact) mass is 450 g/mol. The first-order valence-corrected chi connectivity index (χ1v) is 11.4. The van der Waals surface area contributed by atoms with Crippen LogP contribution in [-0.4, -0.2) is 49.2 Å². The Hall–Kier alpha value is -3.81. The molecule has 0 spiro atoms. The van der Waals surface area contributed by atoms with E-state index in [9.17, 15) is 5.11 Å². The maximum atomic E-state index is 10.8. The molecule has 0 aliphatic heterocycles. The van der Waals surface area contributed by atoms with Gasteiger partial charge in [0.25, 0.3) is 0 Å². The SMILES string of the molecule is CN(C)C1(O)CC(c2nc(-c3ccc4ccc(-c5ccccc5)nc4c3)c3c(N)nccn23)C1. The predicted molar refractivity (Wildman–Crippen MR) is 134 cm³/mol. The van der Waals surface area contributed by atoms with E-state index in [0.717, 1.165) is 44.8 Å². The molecule has 170 valence electrons. The van der Waals surface area contributed by atoms with E-state index in [-0.39, 0.29) is 5.92 Å². The summed E-state index contributed by atoms with van der Waals surface area (Å²) in [6.07, 6.45) is 4.85. The molecule has 1 aliphatic carbocycles. The molecule has 5 aromatic rings. The molecular formula is C27H26N6O.